The van der Waals surface area contributed by atoms with Crippen molar-refractivity contribution in [2.45, 2.75) is 31.6 Å². The lowest BCUT2D eigenvalue weighted by Gasteiger charge is -2.24. The molecular formula is C15H17FN4O2. The summed E-state index contributed by atoms with van der Waals surface area (Å²) >= 11 is 0. The Morgan fingerprint density at radius 2 is 2.45 bits per heavy atom. The summed E-state index contributed by atoms with van der Waals surface area (Å²) in [7, 11) is 0. The fraction of sp³-hybridized carbons (Fsp3) is 0.533. The molecule has 0 radical (unpaired) electrons. The van der Waals surface area contributed by atoms with Crippen molar-refractivity contribution >= 4 is 5.91 Å². The van der Waals surface area contributed by atoms with E-state index in [4.69, 9.17) is 4.52 Å². The molecule has 2 aromatic heterocycles. The standard InChI is InChI=1S/C15H17FN4O2/c1-9-18-14(22-19-9)15-4-2-3-10(15)7-20(8-15)13(21)12-5-11(16)6-17-12/h5-6,10,17H,2-4,7-8H2,1H3/t10-,15-/m0/s1. The molecule has 1 amide bonds. The van der Waals surface area contributed by atoms with Crippen molar-refractivity contribution in [2.24, 2.45) is 5.92 Å². The van der Waals surface area contributed by atoms with Crippen LogP contribution in [0.25, 0.3) is 0 Å². The van der Waals surface area contributed by atoms with Crippen molar-refractivity contribution in [3.8, 4) is 0 Å². The first-order valence-electron chi connectivity index (χ1n) is 7.52. The summed E-state index contributed by atoms with van der Waals surface area (Å²) in [6, 6.07) is 1.24. The van der Waals surface area contributed by atoms with Crippen molar-refractivity contribution in [2.75, 3.05) is 13.1 Å². The molecule has 0 bridgehead atoms. The molecule has 2 fully saturated rings. The third kappa shape index (κ3) is 1.88. The van der Waals surface area contributed by atoms with Gasteiger partial charge in [-0.2, -0.15) is 4.98 Å². The van der Waals surface area contributed by atoms with Crippen LogP contribution in [-0.4, -0.2) is 39.0 Å². The molecule has 2 atom stereocenters. The van der Waals surface area contributed by atoms with Crippen LogP contribution in [0.15, 0.2) is 16.8 Å². The number of fused-ring (bicyclic) bond motifs is 1. The van der Waals surface area contributed by atoms with Crippen molar-refractivity contribution in [1.82, 2.24) is 20.0 Å². The summed E-state index contributed by atoms with van der Waals surface area (Å²) in [4.78, 5) is 21.4. The van der Waals surface area contributed by atoms with Gasteiger partial charge in [-0.05, 0) is 25.7 Å². The number of aromatic nitrogens is 3. The normalized spacial score (nSPS) is 27.4. The second-order valence-corrected chi connectivity index (χ2v) is 6.31. The average molecular weight is 304 g/mol. The molecule has 6 nitrogen and oxygen atoms in total. The number of hydrogen-bond donors (Lipinski definition) is 1. The van der Waals surface area contributed by atoms with E-state index in [1.807, 2.05) is 0 Å². The number of rotatable bonds is 2. The van der Waals surface area contributed by atoms with Gasteiger partial charge in [0.25, 0.3) is 5.91 Å². The molecule has 0 unspecified atom stereocenters. The zero-order valence-electron chi connectivity index (χ0n) is 12.3. The molecule has 22 heavy (non-hydrogen) atoms. The fourth-order valence-corrected chi connectivity index (χ4v) is 3.95. The minimum atomic E-state index is -0.426. The number of likely N-dealkylation sites (tertiary alicyclic amines) is 1. The van der Waals surface area contributed by atoms with Crippen LogP contribution in [0.1, 0.15) is 41.5 Å². The van der Waals surface area contributed by atoms with Crippen LogP contribution in [0.3, 0.4) is 0 Å². The largest absolute Gasteiger partial charge is 0.355 e. The summed E-state index contributed by atoms with van der Waals surface area (Å²) in [6.45, 7) is 3.01. The van der Waals surface area contributed by atoms with Crippen LogP contribution in [-0.2, 0) is 5.41 Å². The molecule has 2 aliphatic rings. The highest BCUT2D eigenvalue weighted by atomic mass is 19.1. The van der Waals surface area contributed by atoms with E-state index in [2.05, 4.69) is 15.1 Å². The van der Waals surface area contributed by atoms with Crippen molar-refractivity contribution in [1.29, 1.82) is 0 Å². The van der Waals surface area contributed by atoms with Crippen LogP contribution in [0.5, 0.6) is 0 Å². The predicted molar refractivity (Wildman–Crippen MR) is 74.7 cm³/mol. The summed E-state index contributed by atoms with van der Waals surface area (Å²) in [5.74, 6) is 0.988. The number of carbonyl (C=O) groups excluding carboxylic acids is 1. The molecule has 2 aromatic rings. The molecule has 1 aliphatic carbocycles. The van der Waals surface area contributed by atoms with Crippen LogP contribution >= 0.6 is 0 Å². The minimum Gasteiger partial charge on any atom is -0.355 e. The molecule has 1 saturated heterocycles. The van der Waals surface area contributed by atoms with Gasteiger partial charge in [-0.1, -0.05) is 11.6 Å². The van der Waals surface area contributed by atoms with E-state index in [9.17, 15) is 9.18 Å². The SMILES string of the molecule is Cc1noc([C@]23CCC[C@H]2CN(C(=O)c2cc(F)c[nH]2)C3)n1. The van der Waals surface area contributed by atoms with Gasteiger partial charge in [0.15, 0.2) is 5.82 Å². The second-order valence-electron chi connectivity index (χ2n) is 6.31. The summed E-state index contributed by atoms with van der Waals surface area (Å²) < 4.78 is 18.5. The summed E-state index contributed by atoms with van der Waals surface area (Å²) in [6.07, 6.45) is 4.29. The molecular weight excluding hydrogens is 287 g/mol. The van der Waals surface area contributed by atoms with Gasteiger partial charge >= 0.3 is 0 Å². The van der Waals surface area contributed by atoms with Crippen molar-refractivity contribution < 1.29 is 13.7 Å². The van der Waals surface area contributed by atoms with E-state index < -0.39 is 5.82 Å². The van der Waals surface area contributed by atoms with Gasteiger partial charge in [0.1, 0.15) is 11.5 Å². The van der Waals surface area contributed by atoms with Gasteiger partial charge in [0.2, 0.25) is 5.89 Å². The number of aromatic amines is 1. The third-order valence-electron chi connectivity index (χ3n) is 4.99. The maximum atomic E-state index is 13.1. The minimum absolute atomic E-state index is 0.172. The number of amides is 1. The van der Waals surface area contributed by atoms with Gasteiger partial charge in [-0.25, -0.2) is 4.39 Å². The van der Waals surface area contributed by atoms with Gasteiger partial charge < -0.3 is 14.4 Å². The van der Waals surface area contributed by atoms with Crippen LogP contribution in [0, 0.1) is 18.7 Å². The topological polar surface area (TPSA) is 75.0 Å². The Hall–Kier alpha value is -2.18. The van der Waals surface area contributed by atoms with Gasteiger partial charge in [0.05, 0.1) is 5.41 Å². The zero-order chi connectivity index (χ0) is 15.3. The molecule has 116 valence electrons. The van der Waals surface area contributed by atoms with Crippen LogP contribution in [0.4, 0.5) is 4.39 Å². The number of hydrogen-bond acceptors (Lipinski definition) is 4. The van der Waals surface area contributed by atoms with E-state index in [1.54, 1.807) is 11.8 Å². The first-order valence-corrected chi connectivity index (χ1v) is 7.52. The monoisotopic (exact) mass is 304 g/mol. The van der Waals surface area contributed by atoms with Gasteiger partial charge in [0, 0.05) is 25.4 Å². The highest BCUT2D eigenvalue weighted by Gasteiger charge is 2.55. The molecule has 1 aliphatic heterocycles. The Balaban J connectivity index is 1.63. The summed E-state index contributed by atoms with van der Waals surface area (Å²) in [5, 5.41) is 3.90. The maximum Gasteiger partial charge on any atom is 0.270 e. The van der Waals surface area contributed by atoms with E-state index in [0.717, 1.165) is 19.3 Å². The van der Waals surface area contributed by atoms with E-state index >= 15 is 0 Å². The number of aryl methyl sites for hydroxylation is 1. The Kier molecular flexibility index (Phi) is 2.85. The maximum absolute atomic E-state index is 13.1. The van der Waals surface area contributed by atoms with Crippen LogP contribution in [0.2, 0.25) is 0 Å². The quantitative estimate of drug-likeness (QED) is 0.921. The number of nitrogens with zero attached hydrogens (tertiary/aromatic N) is 3. The fourth-order valence-electron chi connectivity index (χ4n) is 3.95. The van der Waals surface area contributed by atoms with Gasteiger partial charge in [-0.15, -0.1) is 0 Å². The lowest BCUT2D eigenvalue weighted by Crippen LogP contribution is -2.35. The number of nitrogens with one attached hydrogen (secondary N) is 1. The first-order chi connectivity index (χ1) is 10.6. The molecule has 1 N–H and O–H groups in total. The first kappa shape index (κ1) is 13.5. The molecule has 7 heteroatoms. The number of carbonyl (C=O) groups is 1. The predicted octanol–water partition coefficient (Wildman–Crippen LogP) is 2.04. The van der Waals surface area contributed by atoms with E-state index in [-0.39, 0.29) is 17.0 Å². The van der Waals surface area contributed by atoms with Gasteiger partial charge in [-0.3, -0.25) is 4.79 Å². The molecule has 0 spiro atoms. The summed E-state index contributed by atoms with van der Waals surface area (Å²) in [5.41, 5.74) is 0.0523. The van der Waals surface area contributed by atoms with Crippen molar-refractivity contribution in [3.05, 3.63) is 35.5 Å². The highest BCUT2D eigenvalue weighted by Crippen LogP contribution is 2.50. The molecule has 1 saturated carbocycles. The number of H-pyrrole nitrogens is 1. The Bertz CT molecular complexity index is 725. The Labute approximate surface area is 126 Å². The van der Waals surface area contributed by atoms with E-state index in [1.165, 1.54) is 12.3 Å². The third-order valence-corrected chi connectivity index (χ3v) is 4.99. The molecule has 4 rings (SSSR count). The Morgan fingerprint density at radius 1 is 1.59 bits per heavy atom. The smallest absolute Gasteiger partial charge is 0.270 e. The van der Waals surface area contributed by atoms with E-state index in [0.29, 0.717) is 30.7 Å². The zero-order valence-corrected chi connectivity index (χ0v) is 12.3. The second kappa shape index (κ2) is 4.66. The lowest BCUT2D eigenvalue weighted by atomic mass is 9.80. The lowest BCUT2D eigenvalue weighted by molar-refractivity contribution is 0.0769. The number of halogens is 1. The highest BCUT2D eigenvalue weighted by molar-refractivity contribution is 5.92. The average Bonchev–Trinajstić information content (AvgIpc) is 3.19. The van der Waals surface area contributed by atoms with Crippen molar-refractivity contribution in [3.63, 3.8) is 0 Å². The molecule has 0 aromatic carbocycles. The Morgan fingerprint density at radius 3 is 3.14 bits per heavy atom. The van der Waals surface area contributed by atoms with Crippen LogP contribution < -0.4 is 0 Å². The molecule has 3 heterocycles.